The molecule has 0 aliphatic rings. The lowest BCUT2D eigenvalue weighted by Gasteiger charge is -2.16. The van der Waals surface area contributed by atoms with Gasteiger partial charge in [-0.25, -0.2) is 0 Å². The molecule has 0 amide bonds. The number of hydrogen-bond donors (Lipinski definition) is 3. The van der Waals surface area contributed by atoms with E-state index in [0.717, 1.165) is 0 Å². The number of rotatable bonds is 4. The monoisotopic (exact) mass is 233 g/mol. The first-order valence-electron chi connectivity index (χ1n) is 4.76. The van der Waals surface area contributed by atoms with Gasteiger partial charge in [0.15, 0.2) is 0 Å². The Bertz CT molecular complexity index is 490. The fourth-order valence-corrected chi connectivity index (χ4v) is 1.30. The summed E-state index contributed by atoms with van der Waals surface area (Å²) < 4.78 is 0. The van der Waals surface area contributed by atoms with Crippen molar-refractivity contribution in [2.24, 2.45) is 5.11 Å². The zero-order valence-electron chi connectivity index (χ0n) is 8.85. The Morgan fingerprint density at radius 2 is 2.24 bits per heavy atom. The first-order chi connectivity index (χ1) is 8.10. The molecule has 0 spiro atoms. The number of nitrogens with zero attached hydrogens (tertiary/aromatic N) is 4. The van der Waals surface area contributed by atoms with Gasteiger partial charge in [0, 0.05) is 10.6 Å². The molecule has 0 aliphatic carbocycles. The highest BCUT2D eigenvalue weighted by Crippen LogP contribution is 2.21. The molecule has 1 aromatic rings. The number of aliphatic hydroxyl groups is 2. The lowest BCUT2D eigenvalue weighted by molar-refractivity contribution is 0.0244. The summed E-state index contributed by atoms with van der Waals surface area (Å²) in [5, 5.41) is 31.2. The van der Waals surface area contributed by atoms with Crippen molar-refractivity contribution in [1.82, 2.24) is 0 Å². The molecule has 88 valence electrons. The fraction of sp³-hybridized carbons (Fsp3) is 0.300. The lowest BCUT2D eigenvalue weighted by atomic mass is 10.0. The van der Waals surface area contributed by atoms with Crippen molar-refractivity contribution in [3.05, 3.63) is 39.8 Å². The molecule has 0 saturated heterocycles. The van der Waals surface area contributed by atoms with E-state index in [9.17, 15) is 10.2 Å². The van der Waals surface area contributed by atoms with Crippen LogP contribution in [0.5, 0.6) is 0 Å². The van der Waals surface area contributed by atoms with Crippen molar-refractivity contribution in [3.63, 3.8) is 0 Å². The van der Waals surface area contributed by atoms with Gasteiger partial charge in [0.25, 0.3) is 0 Å². The van der Waals surface area contributed by atoms with E-state index in [0.29, 0.717) is 11.3 Å². The molecule has 2 unspecified atom stereocenters. The zero-order chi connectivity index (χ0) is 12.8. The Hall–Kier alpha value is -2.26. The molecule has 7 nitrogen and oxygen atoms in total. The molecule has 0 saturated carbocycles. The minimum atomic E-state index is -1.23. The number of hydrogen-bond acceptors (Lipinski definition) is 5. The van der Waals surface area contributed by atoms with E-state index in [2.05, 4.69) is 10.0 Å². The van der Waals surface area contributed by atoms with Gasteiger partial charge in [-0.2, -0.15) is 5.26 Å². The van der Waals surface area contributed by atoms with Gasteiger partial charge in [-0.1, -0.05) is 11.2 Å². The second-order valence-corrected chi connectivity index (χ2v) is 3.38. The number of nitrogen functional groups attached to an aromatic ring is 1. The predicted molar refractivity (Wildman–Crippen MR) is 60.5 cm³/mol. The summed E-state index contributed by atoms with van der Waals surface area (Å²) in [5.74, 6) is 0. The maximum absolute atomic E-state index is 9.74. The van der Waals surface area contributed by atoms with Crippen LogP contribution in [0.3, 0.4) is 0 Å². The van der Waals surface area contributed by atoms with Crippen molar-refractivity contribution in [1.29, 1.82) is 5.26 Å². The first-order valence-corrected chi connectivity index (χ1v) is 4.76. The fourth-order valence-electron chi connectivity index (χ4n) is 1.30. The highest BCUT2D eigenvalue weighted by atomic mass is 16.3. The van der Waals surface area contributed by atoms with Gasteiger partial charge < -0.3 is 15.9 Å². The highest BCUT2D eigenvalue weighted by molar-refractivity contribution is 5.55. The number of azide groups is 1. The highest BCUT2D eigenvalue weighted by Gasteiger charge is 2.18. The van der Waals surface area contributed by atoms with E-state index in [-0.39, 0.29) is 12.1 Å². The second kappa shape index (κ2) is 5.72. The first kappa shape index (κ1) is 12.8. The van der Waals surface area contributed by atoms with Crippen molar-refractivity contribution in [3.8, 4) is 6.07 Å². The van der Waals surface area contributed by atoms with Gasteiger partial charge in [-0.05, 0) is 23.2 Å². The van der Waals surface area contributed by atoms with Crippen molar-refractivity contribution < 1.29 is 10.2 Å². The largest absolute Gasteiger partial charge is 0.398 e. The number of anilines is 1. The Kier molecular flexibility index (Phi) is 4.31. The average molecular weight is 233 g/mol. The maximum Gasteiger partial charge on any atom is 0.105 e. The van der Waals surface area contributed by atoms with Crippen molar-refractivity contribution in [2.45, 2.75) is 12.2 Å². The van der Waals surface area contributed by atoms with Gasteiger partial charge in [0.2, 0.25) is 0 Å². The molecule has 0 radical (unpaired) electrons. The predicted octanol–water partition coefficient (Wildman–Crippen LogP) is 0.845. The van der Waals surface area contributed by atoms with Crippen LogP contribution in [0.2, 0.25) is 0 Å². The third kappa shape index (κ3) is 3.09. The average Bonchev–Trinajstić information content (AvgIpc) is 2.35. The molecule has 0 heterocycles. The van der Waals surface area contributed by atoms with Crippen LogP contribution in [0, 0.1) is 11.3 Å². The summed E-state index contributed by atoms with van der Waals surface area (Å²) in [6.45, 7) is -0.246. The van der Waals surface area contributed by atoms with Crippen LogP contribution < -0.4 is 5.73 Å². The molecule has 0 bridgehead atoms. The summed E-state index contributed by atoms with van der Waals surface area (Å²) in [4.78, 5) is 2.48. The van der Waals surface area contributed by atoms with E-state index in [1.165, 1.54) is 18.2 Å². The number of benzene rings is 1. The van der Waals surface area contributed by atoms with Crippen LogP contribution in [0.25, 0.3) is 10.4 Å². The van der Waals surface area contributed by atoms with Gasteiger partial charge in [-0.3, -0.25) is 0 Å². The number of aliphatic hydroxyl groups excluding tert-OH is 2. The molecule has 7 heteroatoms. The number of nitrogens with two attached hydrogens (primary N) is 1. The van der Waals surface area contributed by atoms with E-state index in [4.69, 9.17) is 16.5 Å². The molecule has 4 N–H and O–H groups in total. The van der Waals surface area contributed by atoms with E-state index in [1.54, 1.807) is 0 Å². The molecule has 17 heavy (non-hydrogen) atoms. The minimum absolute atomic E-state index is 0.220. The minimum Gasteiger partial charge on any atom is -0.398 e. The van der Waals surface area contributed by atoms with Crippen molar-refractivity contribution in [2.75, 3.05) is 12.3 Å². The van der Waals surface area contributed by atoms with E-state index < -0.39 is 12.2 Å². The third-order valence-electron chi connectivity index (χ3n) is 2.24. The Morgan fingerprint density at radius 3 is 2.82 bits per heavy atom. The molecule has 1 aromatic carbocycles. The van der Waals surface area contributed by atoms with E-state index >= 15 is 0 Å². The van der Waals surface area contributed by atoms with Crippen LogP contribution in [0.4, 0.5) is 5.69 Å². The lowest BCUT2D eigenvalue weighted by Crippen LogP contribution is -2.21. The third-order valence-corrected chi connectivity index (χ3v) is 2.24. The SMILES string of the molecule is N#Cc1cc(C(O)C(O)CN=[N+]=[N-])ccc1N. The molecular formula is C10H11N5O2. The topological polar surface area (TPSA) is 139 Å². The maximum atomic E-state index is 9.74. The van der Waals surface area contributed by atoms with E-state index in [1.807, 2.05) is 6.07 Å². The Balaban J connectivity index is 2.93. The second-order valence-electron chi connectivity index (χ2n) is 3.38. The molecular weight excluding hydrogens is 222 g/mol. The summed E-state index contributed by atoms with van der Waals surface area (Å²) in [6, 6.07) is 6.23. The summed E-state index contributed by atoms with van der Waals surface area (Å²) in [7, 11) is 0. The Morgan fingerprint density at radius 1 is 1.53 bits per heavy atom. The summed E-state index contributed by atoms with van der Waals surface area (Å²) in [6.07, 6.45) is -2.45. The molecule has 2 atom stereocenters. The van der Waals surface area contributed by atoms with Crippen LogP contribution in [-0.4, -0.2) is 22.9 Å². The van der Waals surface area contributed by atoms with Gasteiger partial charge in [0.1, 0.15) is 12.2 Å². The van der Waals surface area contributed by atoms with Crippen LogP contribution in [0.15, 0.2) is 23.3 Å². The Labute approximate surface area is 97.3 Å². The molecule has 0 fully saturated rings. The molecule has 1 rings (SSSR count). The van der Waals surface area contributed by atoms with Crippen LogP contribution in [0.1, 0.15) is 17.2 Å². The zero-order valence-corrected chi connectivity index (χ0v) is 8.85. The standard InChI is InChI=1S/C10H11N5O2/c11-4-7-3-6(1-2-8(7)12)10(17)9(16)5-14-15-13/h1-3,9-10,16-17H,5,12H2. The normalized spacial score (nSPS) is 13.2. The molecule has 0 aromatic heterocycles. The van der Waals surface area contributed by atoms with Gasteiger partial charge >= 0.3 is 0 Å². The smallest absolute Gasteiger partial charge is 0.105 e. The van der Waals surface area contributed by atoms with Crippen molar-refractivity contribution >= 4 is 5.69 Å². The van der Waals surface area contributed by atoms with Crippen LogP contribution in [-0.2, 0) is 0 Å². The van der Waals surface area contributed by atoms with Crippen LogP contribution >= 0.6 is 0 Å². The van der Waals surface area contributed by atoms with Gasteiger partial charge in [0.05, 0.1) is 18.2 Å². The number of nitriles is 1. The molecule has 0 aliphatic heterocycles. The summed E-state index contributed by atoms with van der Waals surface area (Å²) >= 11 is 0. The summed E-state index contributed by atoms with van der Waals surface area (Å²) in [5.41, 5.74) is 14.5. The quantitative estimate of drug-likeness (QED) is 0.307. The van der Waals surface area contributed by atoms with Gasteiger partial charge in [-0.15, -0.1) is 0 Å².